The molecule has 4 N–H and O–H groups in total. The molecule has 2 aliphatic rings. The Morgan fingerprint density at radius 3 is 2.70 bits per heavy atom. The zero-order valence-electron chi connectivity index (χ0n) is 19.3. The van der Waals surface area contributed by atoms with Gasteiger partial charge in [0.25, 0.3) is 5.56 Å². The molecule has 2 aromatic heterocycles. The molecule has 1 amide bonds. The summed E-state index contributed by atoms with van der Waals surface area (Å²) >= 11 is 0. The molecule has 5 rings (SSSR count). The van der Waals surface area contributed by atoms with E-state index in [1.165, 1.54) is 17.2 Å². The first-order valence-corrected chi connectivity index (χ1v) is 11.5. The molecule has 0 spiro atoms. The molecule has 2 unspecified atom stereocenters. The number of fused-ring (bicyclic) bond motifs is 2. The van der Waals surface area contributed by atoms with Gasteiger partial charge in [0.05, 0.1) is 12.1 Å². The van der Waals surface area contributed by atoms with Crippen molar-refractivity contribution < 1.29 is 26.7 Å². The maximum absolute atomic E-state index is 14.3. The molecule has 1 aliphatic heterocycles. The molecule has 1 aliphatic carbocycles. The summed E-state index contributed by atoms with van der Waals surface area (Å²) in [6, 6.07) is 4.18. The summed E-state index contributed by atoms with van der Waals surface area (Å²) in [5.41, 5.74) is 5.77. The second-order valence-corrected chi connectivity index (χ2v) is 9.15. The summed E-state index contributed by atoms with van der Waals surface area (Å²) in [6.45, 7) is -0.354. The van der Waals surface area contributed by atoms with E-state index >= 15 is 0 Å². The van der Waals surface area contributed by atoms with E-state index < -0.39 is 46.7 Å². The van der Waals surface area contributed by atoms with Crippen LogP contribution in [0.5, 0.6) is 0 Å². The van der Waals surface area contributed by atoms with E-state index in [4.69, 9.17) is 5.73 Å². The smallest absolute Gasteiger partial charge is 0.370 e. The lowest BCUT2D eigenvalue weighted by Gasteiger charge is -2.39. The topological polar surface area (TPSA) is 122 Å². The molecule has 37 heavy (non-hydrogen) atoms. The van der Waals surface area contributed by atoms with Gasteiger partial charge in [-0.2, -0.15) is 13.2 Å². The average Bonchev–Trinajstić information content (AvgIpc) is 3.43. The van der Waals surface area contributed by atoms with Crippen LogP contribution in [0.2, 0.25) is 0 Å². The van der Waals surface area contributed by atoms with Crippen LogP contribution in [0, 0.1) is 11.6 Å². The zero-order valence-corrected chi connectivity index (χ0v) is 19.3. The number of aryl methyl sites for hydroxylation is 1. The van der Waals surface area contributed by atoms with E-state index in [9.17, 15) is 31.5 Å². The lowest BCUT2D eigenvalue weighted by molar-refractivity contribution is -0.148. The second kappa shape index (κ2) is 8.94. The summed E-state index contributed by atoms with van der Waals surface area (Å²) in [5.74, 6) is -3.71. The number of halogens is 5. The van der Waals surface area contributed by atoms with Gasteiger partial charge in [-0.05, 0) is 48.2 Å². The van der Waals surface area contributed by atoms with E-state index in [1.807, 2.05) is 0 Å². The number of alkyl halides is 3. The van der Waals surface area contributed by atoms with Crippen molar-refractivity contribution in [2.45, 2.75) is 50.1 Å². The average molecular weight is 523 g/mol. The summed E-state index contributed by atoms with van der Waals surface area (Å²) in [6.07, 6.45) is -2.95. The van der Waals surface area contributed by atoms with Crippen molar-refractivity contribution >= 4 is 11.6 Å². The van der Waals surface area contributed by atoms with Crippen molar-refractivity contribution in [2.24, 2.45) is 5.73 Å². The first kappa shape index (κ1) is 24.9. The van der Waals surface area contributed by atoms with Gasteiger partial charge in [-0.25, -0.2) is 8.78 Å². The molecule has 3 heterocycles. The first-order valence-electron chi connectivity index (χ1n) is 11.5. The van der Waals surface area contributed by atoms with Crippen LogP contribution in [-0.2, 0) is 36.0 Å². The van der Waals surface area contributed by atoms with E-state index in [0.717, 1.165) is 16.7 Å². The number of carbonyl (C=O) groups is 1. The summed E-state index contributed by atoms with van der Waals surface area (Å²) < 4.78 is 68.6. The highest BCUT2D eigenvalue weighted by atomic mass is 19.4. The molecule has 1 aromatic carbocycles. The van der Waals surface area contributed by atoms with Crippen molar-refractivity contribution in [3.8, 4) is 0 Å². The zero-order chi connectivity index (χ0) is 26.5. The Bertz CT molecular complexity index is 1420. The molecule has 0 radical (unpaired) electrons. The number of aromatic nitrogens is 4. The molecule has 0 saturated heterocycles. The molecular formula is C23H22F5N7O2. The summed E-state index contributed by atoms with van der Waals surface area (Å²) in [5, 5.41) is 9.88. The fourth-order valence-electron chi connectivity index (χ4n) is 5.12. The number of hydrogen-bond donors (Lipinski definition) is 3. The predicted octanol–water partition coefficient (Wildman–Crippen LogP) is 2.28. The maximum Gasteiger partial charge on any atom is 0.451 e. The number of H-pyrrole nitrogens is 1. The predicted molar refractivity (Wildman–Crippen MR) is 120 cm³/mol. The highest BCUT2D eigenvalue weighted by Gasteiger charge is 2.46. The molecule has 0 bridgehead atoms. The number of pyridine rings is 1. The van der Waals surface area contributed by atoms with Gasteiger partial charge in [-0.3, -0.25) is 9.59 Å². The van der Waals surface area contributed by atoms with Crippen molar-refractivity contribution in [2.75, 3.05) is 11.9 Å². The molecule has 0 saturated carbocycles. The largest absolute Gasteiger partial charge is 0.451 e. The fraction of sp³-hybridized carbons (Fsp3) is 0.391. The Morgan fingerprint density at radius 2 is 1.97 bits per heavy atom. The van der Waals surface area contributed by atoms with Crippen molar-refractivity contribution in [3.63, 3.8) is 0 Å². The molecular weight excluding hydrogens is 501 g/mol. The third-order valence-electron chi connectivity index (χ3n) is 6.98. The number of amides is 1. The monoisotopic (exact) mass is 523 g/mol. The lowest BCUT2D eigenvalue weighted by Crippen LogP contribution is -2.53. The summed E-state index contributed by atoms with van der Waals surface area (Å²) in [7, 11) is 0. The second-order valence-electron chi connectivity index (χ2n) is 9.15. The molecule has 9 nitrogen and oxygen atoms in total. The molecule has 14 heteroatoms. The third-order valence-corrected chi connectivity index (χ3v) is 6.98. The van der Waals surface area contributed by atoms with E-state index in [2.05, 4.69) is 20.5 Å². The van der Waals surface area contributed by atoms with Crippen LogP contribution in [0.3, 0.4) is 0 Å². The number of rotatable bonds is 5. The standard InChI is InChI=1S/C23H22F5N7O2/c24-14-8-12-3-4-22(13(12)9-15(14)25,31-16-2-1-5-30-20(16)37)17(29)10-19(36)34-6-7-35-18(11-34)32-33-21(35)23(26,27)28/h1-2,5,8-9,17,31H,3-4,6-7,10-11,29H2,(H,30,37). The number of benzene rings is 1. The van der Waals surface area contributed by atoms with Gasteiger partial charge in [-0.1, -0.05) is 0 Å². The minimum absolute atomic E-state index is 0.00656. The quantitative estimate of drug-likeness (QED) is 0.441. The van der Waals surface area contributed by atoms with E-state index in [0.29, 0.717) is 17.5 Å². The highest BCUT2D eigenvalue weighted by Crippen LogP contribution is 2.43. The Balaban J connectivity index is 1.43. The van der Waals surface area contributed by atoms with Crippen LogP contribution < -0.4 is 16.6 Å². The SMILES string of the molecule is NC(CC(=O)N1CCn2c(nnc2C(F)(F)F)C1)C1(Nc2ccc[nH]c2=O)CCc2cc(F)c(F)cc21. The van der Waals surface area contributed by atoms with Gasteiger partial charge in [0.2, 0.25) is 11.7 Å². The summed E-state index contributed by atoms with van der Waals surface area (Å²) in [4.78, 5) is 29.5. The van der Waals surface area contributed by atoms with Gasteiger partial charge in [0.15, 0.2) is 17.5 Å². The maximum atomic E-state index is 14.3. The molecule has 3 aromatic rings. The van der Waals surface area contributed by atoms with Gasteiger partial charge >= 0.3 is 6.18 Å². The van der Waals surface area contributed by atoms with E-state index in [-0.39, 0.29) is 44.0 Å². The highest BCUT2D eigenvalue weighted by molar-refractivity contribution is 5.77. The number of carbonyl (C=O) groups excluding carboxylic acids is 1. The van der Waals surface area contributed by atoms with Gasteiger partial charge in [0.1, 0.15) is 5.69 Å². The molecule has 2 atom stereocenters. The van der Waals surface area contributed by atoms with Crippen LogP contribution in [0.1, 0.15) is 35.6 Å². The van der Waals surface area contributed by atoms with Crippen LogP contribution in [-0.4, -0.2) is 43.1 Å². The Labute approximate surface area is 206 Å². The molecule has 0 fully saturated rings. The molecule has 196 valence electrons. The lowest BCUT2D eigenvalue weighted by atomic mass is 9.82. The minimum Gasteiger partial charge on any atom is -0.370 e. The Kier molecular flexibility index (Phi) is 6.01. The van der Waals surface area contributed by atoms with E-state index in [1.54, 1.807) is 6.07 Å². The Morgan fingerprint density at radius 1 is 1.22 bits per heavy atom. The van der Waals surface area contributed by atoms with Gasteiger partial charge in [0, 0.05) is 31.7 Å². The van der Waals surface area contributed by atoms with Gasteiger partial charge in [-0.15, -0.1) is 10.2 Å². The minimum atomic E-state index is -4.67. The third kappa shape index (κ3) is 4.34. The van der Waals surface area contributed by atoms with Crippen LogP contribution in [0.4, 0.5) is 27.6 Å². The van der Waals surface area contributed by atoms with Crippen LogP contribution in [0.25, 0.3) is 0 Å². The normalized spacial score (nSPS) is 19.9. The fourth-order valence-corrected chi connectivity index (χ4v) is 5.12. The van der Waals surface area contributed by atoms with Crippen molar-refractivity contribution in [1.82, 2.24) is 24.6 Å². The Hall–Kier alpha value is -3.81. The van der Waals surface area contributed by atoms with Crippen LogP contribution in [0.15, 0.2) is 35.3 Å². The van der Waals surface area contributed by atoms with Crippen molar-refractivity contribution in [3.05, 3.63) is 75.2 Å². The van der Waals surface area contributed by atoms with Gasteiger partial charge < -0.3 is 25.5 Å². The number of nitrogens with zero attached hydrogens (tertiary/aromatic N) is 4. The first-order chi connectivity index (χ1) is 17.5. The number of aromatic amines is 1. The number of nitrogens with one attached hydrogen (secondary N) is 2. The van der Waals surface area contributed by atoms with Crippen molar-refractivity contribution in [1.29, 1.82) is 0 Å². The number of anilines is 1. The number of hydrogen-bond acceptors (Lipinski definition) is 6. The van der Waals surface area contributed by atoms with Crippen LogP contribution >= 0.6 is 0 Å². The number of nitrogens with two attached hydrogens (primary N) is 1.